The maximum Gasteiger partial charge on any atom is 0.348 e. The van der Waals surface area contributed by atoms with Crippen molar-refractivity contribution >= 4 is 16.9 Å². The smallest absolute Gasteiger partial charge is 0.348 e. The van der Waals surface area contributed by atoms with Crippen LogP contribution in [0.1, 0.15) is 5.56 Å². The van der Waals surface area contributed by atoms with Gasteiger partial charge in [-0.25, -0.2) is 9.78 Å². The van der Waals surface area contributed by atoms with Crippen molar-refractivity contribution in [3.8, 4) is 11.1 Å². The van der Waals surface area contributed by atoms with E-state index in [1.54, 1.807) is 18.6 Å². The topological polar surface area (TPSA) is 83.6 Å². The largest absolute Gasteiger partial charge is 0.365 e. The van der Waals surface area contributed by atoms with Crippen LogP contribution >= 0.6 is 0 Å². The predicted molar refractivity (Wildman–Crippen MR) is 97.2 cm³/mol. The van der Waals surface area contributed by atoms with Crippen LogP contribution in [0.3, 0.4) is 0 Å². The molecule has 0 aliphatic carbocycles. The molecule has 0 aliphatic rings. The molecule has 4 aromatic rings. The van der Waals surface area contributed by atoms with Crippen molar-refractivity contribution in [1.29, 1.82) is 0 Å². The van der Waals surface area contributed by atoms with Crippen molar-refractivity contribution in [2.24, 2.45) is 0 Å². The highest BCUT2D eigenvalue weighted by atomic mass is 16.1. The van der Waals surface area contributed by atoms with E-state index in [0.29, 0.717) is 18.0 Å². The first-order valence-corrected chi connectivity index (χ1v) is 7.88. The maximum absolute atomic E-state index is 11.7. The zero-order chi connectivity index (χ0) is 17.1. The number of H-pyrrole nitrogens is 1. The van der Waals surface area contributed by atoms with Crippen molar-refractivity contribution in [3.05, 3.63) is 83.2 Å². The summed E-state index contributed by atoms with van der Waals surface area (Å²) in [6, 6.07) is 15.9. The average Bonchev–Trinajstić information content (AvgIpc) is 2.67. The van der Waals surface area contributed by atoms with E-state index in [2.05, 4.69) is 37.4 Å². The average molecular weight is 329 g/mol. The number of nitrogens with one attached hydrogen (secondary N) is 2. The summed E-state index contributed by atoms with van der Waals surface area (Å²) >= 11 is 0. The van der Waals surface area contributed by atoms with Crippen molar-refractivity contribution in [2.75, 3.05) is 5.32 Å². The monoisotopic (exact) mass is 329 g/mol. The molecule has 0 radical (unpaired) electrons. The molecular formula is C19H15N5O. The number of nitrogens with zero attached hydrogens (tertiary/aromatic N) is 3. The Bertz CT molecular complexity index is 1080. The third-order valence-electron chi connectivity index (χ3n) is 3.90. The summed E-state index contributed by atoms with van der Waals surface area (Å²) in [5.41, 5.74) is 3.43. The van der Waals surface area contributed by atoms with Crippen molar-refractivity contribution in [3.63, 3.8) is 0 Å². The minimum Gasteiger partial charge on any atom is -0.365 e. The van der Waals surface area contributed by atoms with Crippen LogP contribution in [0, 0.1) is 0 Å². The number of aromatic amines is 1. The van der Waals surface area contributed by atoms with Crippen molar-refractivity contribution in [2.45, 2.75) is 6.54 Å². The molecule has 0 bridgehead atoms. The van der Waals surface area contributed by atoms with Gasteiger partial charge in [-0.05, 0) is 47.0 Å². The number of benzene rings is 1. The molecule has 25 heavy (non-hydrogen) atoms. The minimum atomic E-state index is -0.417. The van der Waals surface area contributed by atoms with E-state index >= 15 is 0 Å². The number of fused-ring (bicyclic) bond motifs is 1. The highest BCUT2D eigenvalue weighted by molar-refractivity contribution is 5.85. The fourth-order valence-corrected chi connectivity index (χ4v) is 2.71. The van der Waals surface area contributed by atoms with E-state index < -0.39 is 5.69 Å². The molecular weight excluding hydrogens is 314 g/mol. The molecule has 122 valence electrons. The van der Waals surface area contributed by atoms with Crippen LogP contribution < -0.4 is 11.0 Å². The first-order chi connectivity index (χ1) is 12.3. The van der Waals surface area contributed by atoms with Crippen LogP contribution in [0.25, 0.3) is 22.2 Å². The summed E-state index contributed by atoms with van der Waals surface area (Å²) in [4.78, 5) is 26.6. The molecule has 0 aliphatic heterocycles. The van der Waals surface area contributed by atoms with E-state index in [1.807, 2.05) is 36.4 Å². The molecule has 6 nitrogen and oxygen atoms in total. The molecule has 0 spiro atoms. The van der Waals surface area contributed by atoms with Gasteiger partial charge in [0.2, 0.25) is 0 Å². The molecule has 0 amide bonds. The van der Waals surface area contributed by atoms with Crippen LogP contribution in [0.4, 0.5) is 5.82 Å². The highest BCUT2D eigenvalue weighted by Crippen LogP contribution is 2.21. The minimum absolute atomic E-state index is 0.417. The molecule has 0 unspecified atom stereocenters. The Hall–Kier alpha value is -3.54. The van der Waals surface area contributed by atoms with Gasteiger partial charge in [-0.1, -0.05) is 18.2 Å². The summed E-state index contributed by atoms with van der Waals surface area (Å²) in [6.45, 7) is 0.555. The predicted octanol–water partition coefficient (Wildman–Crippen LogP) is 2.99. The highest BCUT2D eigenvalue weighted by Gasteiger charge is 2.06. The van der Waals surface area contributed by atoms with Crippen LogP contribution in [-0.2, 0) is 6.54 Å². The molecule has 6 heteroatoms. The van der Waals surface area contributed by atoms with Gasteiger partial charge in [-0.3, -0.25) is 9.97 Å². The second-order valence-corrected chi connectivity index (χ2v) is 5.58. The zero-order valence-electron chi connectivity index (χ0n) is 13.3. The van der Waals surface area contributed by atoms with E-state index in [1.165, 1.54) is 0 Å². The Morgan fingerprint density at radius 2 is 1.84 bits per heavy atom. The molecule has 0 atom stereocenters. The lowest BCUT2D eigenvalue weighted by Gasteiger charge is -2.09. The molecule has 0 fully saturated rings. The van der Waals surface area contributed by atoms with Crippen molar-refractivity contribution in [1.82, 2.24) is 19.9 Å². The second kappa shape index (κ2) is 6.52. The van der Waals surface area contributed by atoms with Gasteiger partial charge in [0.05, 0.1) is 5.39 Å². The summed E-state index contributed by atoms with van der Waals surface area (Å²) in [5, 5.41) is 4.02. The fraction of sp³-hybridized carbons (Fsp3) is 0.0526. The maximum atomic E-state index is 11.7. The molecule has 2 N–H and O–H groups in total. The Morgan fingerprint density at radius 3 is 2.72 bits per heavy atom. The third-order valence-corrected chi connectivity index (χ3v) is 3.90. The summed E-state index contributed by atoms with van der Waals surface area (Å²) in [6.07, 6.45) is 5.19. The van der Waals surface area contributed by atoms with Gasteiger partial charge in [0, 0.05) is 25.1 Å². The van der Waals surface area contributed by atoms with Crippen LogP contribution in [0.2, 0.25) is 0 Å². The lowest BCUT2D eigenvalue weighted by molar-refractivity contribution is 1.05. The molecule has 0 saturated carbocycles. The van der Waals surface area contributed by atoms with Gasteiger partial charge in [-0.15, -0.1) is 0 Å². The zero-order valence-corrected chi connectivity index (χ0v) is 13.3. The first-order valence-electron chi connectivity index (χ1n) is 7.88. The molecule has 0 saturated heterocycles. The Labute approximate surface area is 143 Å². The van der Waals surface area contributed by atoms with E-state index in [0.717, 1.165) is 22.1 Å². The SMILES string of the molecule is O=c1nc(NCc2cccc(-c3ccncc3)c2)c2cccnc2[nH]1. The number of pyridine rings is 2. The number of hydrogen-bond donors (Lipinski definition) is 2. The number of hydrogen-bond acceptors (Lipinski definition) is 5. The van der Waals surface area contributed by atoms with E-state index in [9.17, 15) is 4.79 Å². The molecule has 4 rings (SSSR count). The van der Waals surface area contributed by atoms with E-state index in [-0.39, 0.29) is 0 Å². The van der Waals surface area contributed by atoms with Gasteiger partial charge < -0.3 is 5.32 Å². The van der Waals surface area contributed by atoms with Crippen LogP contribution in [0.15, 0.2) is 71.9 Å². The van der Waals surface area contributed by atoms with Gasteiger partial charge in [0.25, 0.3) is 0 Å². The van der Waals surface area contributed by atoms with Gasteiger partial charge in [0.1, 0.15) is 11.5 Å². The number of rotatable bonds is 4. The standard InChI is InChI=1S/C19H15N5O/c25-19-23-17-16(5-2-8-21-17)18(24-19)22-12-13-3-1-4-15(11-13)14-6-9-20-10-7-14/h1-11H,12H2,(H2,21,22,23,24,25). The van der Waals surface area contributed by atoms with Gasteiger partial charge in [0.15, 0.2) is 0 Å². The lowest BCUT2D eigenvalue weighted by Crippen LogP contribution is -2.14. The number of aromatic nitrogens is 4. The third kappa shape index (κ3) is 3.23. The lowest BCUT2D eigenvalue weighted by atomic mass is 10.0. The Kier molecular flexibility index (Phi) is 3.92. The molecule has 3 aromatic heterocycles. The quantitative estimate of drug-likeness (QED) is 0.601. The summed E-state index contributed by atoms with van der Waals surface area (Å²) in [5.74, 6) is 0.529. The van der Waals surface area contributed by atoms with Gasteiger partial charge in [-0.2, -0.15) is 4.98 Å². The summed E-state index contributed by atoms with van der Waals surface area (Å²) in [7, 11) is 0. The van der Waals surface area contributed by atoms with E-state index in [4.69, 9.17) is 0 Å². The molecule has 3 heterocycles. The summed E-state index contributed by atoms with van der Waals surface area (Å²) < 4.78 is 0. The van der Waals surface area contributed by atoms with Gasteiger partial charge >= 0.3 is 5.69 Å². The first kappa shape index (κ1) is 15.0. The molecule has 1 aromatic carbocycles. The second-order valence-electron chi connectivity index (χ2n) is 5.58. The normalized spacial score (nSPS) is 10.7. The Balaban J connectivity index is 1.61. The fourth-order valence-electron chi connectivity index (χ4n) is 2.71. The van der Waals surface area contributed by atoms with Crippen LogP contribution in [0.5, 0.6) is 0 Å². The van der Waals surface area contributed by atoms with Crippen LogP contribution in [-0.4, -0.2) is 19.9 Å². The van der Waals surface area contributed by atoms with Crippen molar-refractivity contribution < 1.29 is 0 Å². The Morgan fingerprint density at radius 1 is 0.960 bits per heavy atom. The number of anilines is 1.